The van der Waals surface area contributed by atoms with Gasteiger partial charge in [0.25, 0.3) is 5.91 Å². The first-order valence-electron chi connectivity index (χ1n) is 11.7. The van der Waals surface area contributed by atoms with Gasteiger partial charge in [-0.15, -0.1) is 0 Å². The number of benzene rings is 2. The fourth-order valence-corrected chi connectivity index (χ4v) is 4.80. The quantitative estimate of drug-likeness (QED) is 0.624. The van der Waals surface area contributed by atoms with Gasteiger partial charge >= 0.3 is 0 Å². The zero-order valence-corrected chi connectivity index (χ0v) is 20.4. The molecule has 8 heteroatoms. The van der Waals surface area contributed by atoms with E-state index in [-0.39, 0.29) is 11.8 Å². The largest absolute Gasteiger partial charge is 0.493 e. The summed E-state index contributed by atoms with van der Waals surface area (Å²) in [6.45, 7) is 6.13. The number of carbonyl (C=O) groups is 2. The molecule has 0 radical (unpaired) electrons. The second-order valence-electron chi connectivity index (χ2n) is 8.55. The molecule has 0 spiro atoms. The molecule has 1 fully saturated rings. The van der Waals surface area contributed by atoms with Gasteiger partial charge in [0.05, 0.1) is 21.3 Å². The first-order valence-corrected chi connectivity index (χ1v) is 11.7. The number of hydrogen-bond acceptors (Lipinski definition) is 6. The van der Waals surface area contributed by atoms with Gasteiger partial charge in [0.2, 0.25) is 11.7 Å². The number of piperazine rings is 1. The van der Waals surface area contributed by atoms with E-state index in [9.17, 15) is 9.59 Å². The highest BCUT2D eigenvalue weighted by molar-refractivity contribution is 5.98. The van der Waals surface area contributed by atoms with Crippen LogP contribution in [-0.2, 0) is 17.8 Å². The maximum atomic E-state index is 13.2. The van der Waals surface area contributed by atoms with Crippen LogP contribution in [0.3, 0.4) is 0 Å². The molecule has 2 heterocycles. The molecule has 34 heavy (non-hydrogen) atoms. The molecule has 1 saturated heterocycles. The summed E-state index contributed by atoms with van der Waals surface area (Å²) in [5.74, 6) is 2.07. The van der Waals surface area contributed by atoms with E-state index in [1.807, 2.05) is 47.1 Å². The lowest BCUT2D eigenvalue weighted by atomic mass is 10.1. The maximum Gasteiger partial charge on any atom is 0.253 e. The smallest absolute Gasteiger partial charge is 0.253 e. The number of ether oxygens (including phenoxy) is 3. The molecule has 0 saturated carbocycles. The van der Waals surface area contributed by atoms with Crippen molar-refractivity contribution in [2.75, 3.05) is 59.0 Å². The summed E-state index contributed by atoms with van der Waals surface area (Å²) in [7, 11) is 4.84. The van der Waals surface area contributed by atoms with Gasteiger partial charge in [0, 0.05) is 62.5 Å². The number of carbonyl (C=O) groups excluding carboxylic acids is 2. The molecule has 0 aromatic heterocycles. The Balaban J connectivity index is 1.39. The number of rotatable bonds is 7. The van der Waals surface area contributed by atoms with Gasteiger partial charge in [-0.1, -0.05) is 13.0 Å². The topological polar surface area (TPSA) is 71.6 Å². The van der Waals surface area contributed by atoms with E-state index in [0.717, 1.165) is 36.3 Å². The fourth-order valence-electron chi connectivity index (χ4n) is 4.80. The van der Waals surface area contributed by atoms with E-state index >= 15 is 0 Å². The van der Waals surface area contributed by atoms with Crippen LogP contribution in [0.25, 0.3) is 0 Å². The lowest BCUT2D eigenvalue weighted by Gasteiger charge is -2.35. The number of methoxy groups -OCH3 is 3. The summed E-state index contributed by atoms with van der Waals surface area (Å²) in [6.07, 6.45) is 1.28. The normalized spacial score (nSPS) is 15.8. The molecule has 182 valence electrons. The van der Waals surface area contributed by atoms with Crippen molar-refractivity contribution in [3.05, 3.63) is 47.0 Å². The van der Waals surface area contributed by atoms with Crippen molar-refractivity contribution in [1.29, 1.82) is 0 Å². The van der Waals surface area contributed by atoms with Crippen molar-refractivity contribution in [1.82, 2.24) is 9.80 Å². The number of fused-ring (bicyclic) bond motifs is 1. The SMILES string of the molecule is CCC(=O)N1CCc2cc(C(=O)N3CCN(Cc4ccc(OC)c(OC)c4OC)CC3)ccc21. The third-order valence-electron chi connectivity index (χ3n) is 6.66. The molecule has 4 rings (SSSR count). The van der Waals surface area contributed by atoms with Crippen LogP contribution in [0.2, 0.25) is 0 Å². The van der Waals surface area contributed by atoms with Crippen molar-refractivity contribution in [3.63, 3.8) is 0 Å². The van der Waals surface area contributed by atoms with E-state index in [4.69, 9.17) is 14.2 Å². The van der Waals surface area contributed by atoms with Crippen LogP contribution in [0.15, 0.2) is 30.3 Å². The molecule has 2 aliphatic heterocycles. The van der Waals surface area contributed by atoms with Gasteiger partial charge in [-0.25, -0.2) is 0 Å². The van der Waals surface area contributed by atoms with Gasteiger partial charge in [0.15, 0.2) is 11.5 Å². The summed E-state index contributed by atoms with van der Waals surface area (Å²) >= 11 is 0. The lowest BCUT2D eigenvalue weighted by molar-refractivity contribution is -0.118. The molecule has 0 N–H and O–H groups in total. The summed E-state index contributed by atoms with van der Waals surface area (Å²) in [5.41, 5.74) is 3.73. The van der Waals surface area contributed by atoms with Crippen molar-refractivity contribution in [2.45, 2.75) is 26.3 Å². The van der Waals surface area contributed by atoms with Gasteiger partial charge in [0.1, 0.15) is 0 Å². The van der Waals surface area contributed by atoms with E-state index in [1.54, 1.807) is 21.3 Å². The fraction of sp³-hybridized carbons (Fsp3) is 0.462. The van der Waals surface area contributed by atoms with Crippen LogP contribution in [0, 0.1) is 0 Å². The standard InChI is InChI=1S/C26H33N3O5/c1-5-23(30)29-11-10-18-16-19(6-8-21(18)29)26(31)28-14-12-27(13-15-28)17-20-7-9-22(32-2)25(34-4)24(20)33-3/h6-9,16H,5,10-15,17H2,1-4H3. The lowest BCUT2D eigenvalue weighted by Crippen LogP contribution is -2.48. The molecule has 8 nitrogen and oxygen atoms in total. The molecular weight excluding hydrogens is 434 g/mol. The third-order valence-corrected chi connectivity index (χ3v) is 6.66. The minimum atomic E-state index is 0.0476. The summed E-state index contributed by atoms with van der Waals surface area (Å²) in [5, 5.41) is 0. The Morgan fingerprint density at radius 3 is 2.26 bits per heavy atom. The molecule has 0 aliphatic carbocycles. The van der Waals surface area contributed by atoms with Gasteiger partial charge in [-0.05, 0) is 36.2 Å². The predicted octanol–water partition coefficient (Wildman–Crippen LogP) is 2.97. The molecule has 0 bridgehead atoms. The highest BCUT2D eigenvalue weighted by atomic mass is 16.5. The van der Waals surface area contributed by atoms with Crippen LogP contribution in [0.1, 0.15) is 34.8 Å². The van der Waals surface area contributed by atoms with Gasteiger partial charge < -0.3 is 24.0 Å². The third kappa shape index (κ3) is 4.55. The number of hydrogen-bond donors (Lipinski definition) is 0. The van der Waals surface area contributed by atoms with Crippen molar-refractivity contribution < 1.29 is 23.8 Å². The average molecular weight is 468 g/mol. The molecule has 2 aliphatic rings. The van der Waals surface area contributed by atoms with E-state index in [2.05, 4.69) is 4.90 Å². The van der Waals surface area contributed by atoms with Crippen LogP contribution >= 0.6 is 0 Å². The number of nitrogens with zero attached hydrogens (tertiary/aromatic N) is 3. The second kappa shape index (κ2) is 10.3. The minimum Gasteiger partial charge on any atom is -0.493 e. The minimum absolute atomic E-state index is 0.0476. The first kappa shape index (κ1) is 23.9. The Labute approximate surface area is 201 Å². The summed E-state index contributed by atoms with van der Waals surface area (Å²) in [4.78, 5) is 31.3. The van der Waals surface area contributed by atoms with Crippen LogP contribution in [-0.4, -0.2) is 75.7 Å². The first-order chi connectivity index (χ1) is 16.5. The Bertz CT molecular complexity index is 1060. The highest BCUT2D eigenvalue weighted by Gasteiger charge is 2.27. The Morgan fingerprint density at radius 1 is 0.882 bits per heavy atom. The highest BCUT2D eigenvalue weighted by Crippen LogP contribution is 2.40. The van der Waals surface area contributed by atoms with E-state index in [1.165, 1.54) is 0 Å². The van der Waals surface area contributed by atoms with Crippen molar-refractivity contribution in [3.8, 4) is 17.2 Å². The monoisotopic (exact) mass is 467 g/mol. The zero-order chi connectivity index (χ0) is 24.2. The summed E-state index contributed by atoms with van der Waals surface area (Å²) in [6, 6.07) is 9.61. The van der Waals surface area contributed by atoms with Crippen molar-refractivity contribution >= 4 is 17.5 Å². The Morgan fingerprint density at radius 2 is 1.62 bits per heavy atom. The van der Waals surface area contributed by atoms with Crippen LogP contribution in [0.4, 0.5) is 5.69 Å². The second-order valence-corrected chi connectivity index (χ2v) is 8.55. The van der Waals surface area contributed by atoms with Gasteiger partial charge in [-0.3, -0.25) is 14.5 Å². The average Bonchev–Trinajstić information content (AvgIpc) is 3.31. The Hall–Kier alpha value is -3.26. The number of anilines is 1. The predicted molar refractivity (Wildman–Crippen MR) is 130 cm³/mol. The van der Waals surface area contributed by atoms with Crippen LogP contribution in [0.5, 0.6) is 17.2 Å². The molecule has 2 aromatic rings. The Kier molecular flexibility index (Phi) is 7.26. The maximum absolute atomic E-state index is 13.2. The molecule has 0 atom stereocenters. The van der Waals surface area contributed by atoms with Crippen molar-refractivity contribution in [2.24, 2.45) is 0 Å². The molecular formula is C26H33N3O5. The van der Waals surface area contributed by atoms with Crippen LogP contribution < -0.4 is 19.1 Å². The molecule has 0 unspecified atom stereocenters. The molecule has 2 amide bonds. The number of amides is 2. The van der Waals surface area contributed by atoms with Gasteiger partial charge in [-0.2, -0.15) is 0 Å². The zero-order valence-electron chi connectivity index (χ0n) is 20.4. The molecule has 2 aromatic carbocycles. The van der Waals surface area contributed by atoms with E-state index < -0.39 is 0 Å². The summed E-state index contributed by atoms with van der Waals surface area (Å²) < 4.78 is 16.5. The van der Waals surface area contributed by atoms with E-state index in [0.29, 0.717) is 55.4 Å².